The monoisotopic (exact) mass is 1310 g/mol. The molecule has 3 aliphatic rings. The molecule has 0 unspecified atom stereocenters. The first-order valence-electron chi connectivity index (χ1n) is 32.3. The van der Waals surface area contributed by atoms with E-state index in [2.05, 4.69) is 149 Å². The highest BCUT2D eigenvalue weighted by molar-refractivity contribution is 7.11. The van der Waals surface area contributed by atoms with Crippen molar-refractivity contribution in [2.45, 2.75) is 132 Å². The normalized spacial score (nSPS) is 16.6. The molecule has 0 spiro atoms. The Balaban J connectivity index is 0.000000159. The van der Waals surface area contributed by atoms with E-state index in [-0.39, 0.29) is 37.3 Å². The molecule has 12 aromatic carbocycles. The fourth-order valence-electron chi connectivity index (χ4n) is 13.0. The zero-order valence-electron chi connectivity index (χ0n) is 56.0. The van der Waals surface area contributed by atoms with E-state index >= 15 is 0 Å². The van der Waals surface area contributed by atoms with Gasteiger partial charge in [0.05, 0.1) is 80.1 Å². The number of hydrogen-bond donors (Lipinski definition) is 0. The van der Waals surface area contributed by atoms with Crippen molar-refractivity contribution in [3.8, 4) is 68.8 Å². The van der Waals surface area contributed by atoms with Crippen molar-refractivity contribution in [1.82, 2.24) is 0 Å². The van der Waals surface area contributed by atoms with Gasteiger partial charge in [0, 0.05) is 5.02 Å². The average molecular weight is 1310 g/mol. The molecule has 0 aromatic heterocycles. The molecular weight excluding hydrogens is 1230 g/mol. The van der Waals surface area contributed by atoms with Crippen LogP contribution in [0.25, 0.3) is 109 Å². The number of fused-ring (bicyclic) bond motifs is 10. The smallest absolute Gasteiger partial charge is 0.405 e. The summed E-state index contributed by atoms with van der Waals surface area (Å²) in [5, 5.41) is 51.6. The van der Waals surface area contributed by atoms with E-state index in [1.54, 1.807) is 0 Å². The van der Waals surface area contributed by atoms with Crippen LogP contribution in [0.5, 0.6) is 0 Å². The van der Waals surface area contributed by atoms with E-state index in [1.807, 2.05) is 165 Å². The molecule has 3 fully saturated rings. The van der Waals surface area contributed by atoms with Crippen LogP contribution in [0.4, 0.5) is 0 Å². The third-order valence-corrected chi connectivity index (χ3v) is 20.8. The highest BCUT2D eigenvalue weighted by atomic mass is 35.5. The lowest BCUT2D eigenvalue weighted by molar-refractivity contribution is 0.00578. The van der Waals surface area contributed by atoms with Crippen molar-refractivity contribution in [3.05, 3.63) is 234 Å². The Hall–Kier alpha value is -9.60. The van der Waals surface area contributed by atoms with Crippen molar-refractivity contribution in [2.75, 3.05) is 0 Å². The zero-order valence-corrected chi connectivity index (χ0v) is 56.7. The average Bonchev–Trinajstić information content (AvgIpc) is 0.925. The first-order chi connectivity index (χ1) is 45.7. The number of rotatable bonds is 6. The van der Waals surface area contributed by atoms with Gasteiger partial charge in [0.15, 0.2) is 0 Å². The van der Waals surface area contributed by atoms with Crippen molar-refractivity contribution < 1.29 is 27.9 Å². The SMILES string of the molecule is C.C.CC1(C)OB(B2OC(C)(C)C(C)(C)O2)OC1(C)C.CC1(C)OB(c2ccc3c(c2)c(-c2ccc(C#N)cc2)cc2c4ccccc4c(-c4ccc(C#N)cc4)cc32)OC1(C)C.N#Cc1ccc(-c2cc3c4ccc(Cl)cc4c(-c4ccc(C#N)cc4)cc3c3ccccc23)cc1. The Morgan fingerprint density at radius 1 is 0.276 bits per heavy atom. The van der Waals surface area contributed by atoms with Crippen molar-refractivity contribution in [3.63, 3.8) is 0 Å². The minimum Gasteiger partial charge on any atom is -0.405 e. The van der Waals surface area contributed by atoms with Gasteiger partial charge in [0.1, 0.15) is 0 Å². The molecule has 3 aliphatic heterocycles. The van der Waals surface area contributed by atoms with Gasteiger partial charge in [0.25, 0.3) is 0 Å². The van der Waals surface area contributed by atoms with Crippen LogP contribution in [0.3, 0.4) is 0 Å². The lowest BCUT2D eigenvalue weighted by Crippen LogP contribution is -2.41. The fourth-order valence-corrected chi connectivity index (χ4v) is 13.1. The maximum Gasteiger partial charge on any atom is 0.494 e. The van der Waals surface area contributed by atoms with Crippen LogP contribution in [-0.4, -0.2) is 54.7 Å². The summed E-state index contributed by atoms with van der Waals surface area (Å²) in [6, 6.07) is 78.4. The summed E-state index contributed by atoms with van der Waals surface area (Å²) in [6.45, 7) is 24.5. The Labute approximate surface area is 582 Å². The summed E-state index contributed by atoms with van der Waals surface area (Å²) in [5.41, 5.74) is 9.81. The van der Waals surface area contributed by atoms with Gasteiger partial charge in [-0.2, -0.15) is 21.0 Å². The molecule has 12 aromatic rings. The molecule has 98 heavy (non-hydrogen) atoms. The predicted molar refractivity (Wildman–Crippen MR) is 405 cm³/mol. The molecule has 0 bridgehead atoms. The van der Waals surface area contributed by atoms with Crippen molar-refractivity contribution in [1.29, 1.82) is 21.0 Å². The molecule has 3 saturated heterocycles. The third-order valence-electron chi connectivity index (χ3n) is 20.5. The topological polar surface area (TPSA) is 151 Å². The van der Waals surface area contributed by atoms with Crippen LogP contribution in [0.15, 0.2) is 206 Å². The van der Waals surface area contributed by atoms with Crippen LogP contribution in [0, 0.1) is 45.3 Å². The van der Waals surface area contributed by atoms with Gasteiger partial charge < -0.3 is 27.9 Å². The Kier molecular flexibility index (Phi) is 18.7. The van der Waals surface area contributed by atoms with Crippen LogP contribution in [0.1, 0.15) is 120 Å². The van der Waals surface area contributed by atoms with E-state index in [0.29, 0.717) is 27.3 Å². The second-order valence-electron chi connectivity index (χ2n) is 28.1. The van der Waals surface area contributed by atoms with Gasteiger partial charge in [0.2, 0.25) is 0 Å². The molecular formula is C84H78B3ClN4O6. The second-order valence-corrected chi connectivity index (χ2v) is 28.5. The number of nitriles is 4. The number of hydrogen-bond acceptors (Lipinski definition) is 10. The van der Waals surface area contributed by atoms with Gasteiger partial charge >= 0.3 is 21.1 Å². The second kappa shape index (κ2) is 26.3. The quantitative estimate of drug-likeness (QED) is 0.116. The Bertz CT molecular complexity index is 5200. The molecule has 0 saturated carbocycles. The number of benzene rings is 12. The largest absolute Gasteiger partial charge is 0.494 e. The van der Waals surface area contributed by atoms with E-state index in [9.17, 15) is 21.0 Å². The summed E-state index contributed by atoms with van der Waals surface area (Å²) in [4.78, 5) is 0. The summed E-state index contributed by atoms with van der Waals surface area (Å²) >= 11 is 6.46. The van der Waals surface area contributed by atoms with Gasteiger partial charge in [-0.15, -0.1) is 0 Å². The number of nitrogens with zero attached hydrogens (tertiary/aromatic N) is 4. The molecule has 10 nitrogen and oxygen atoms in total. The van der Waals surface area contributed by atoms with Crippen LogP contribution in [0.2, 0.25) is 5.02 Å². The molecule has 14 heteroatoms. The molecule has 15 rings (SSSR count). The van der Waals surface area contributed by atoms with Crippen molar-refractivity contribution in [2.24, 2.45) is 0 Å². The minimum absolute atomic E-state index is 0. The van der Waals surface area contributed by atoms with Gasteiger partial charge in [-0.1, -0.05) is 148 Å². The summed E-state index contributed by atoms with van der Waals surface area (Å²) in [7, 11) is -1.43. The maximum atomic E-state index is 9.43. The van der Waals surface area contributed by atoms with E-state index in [4.69, 9.17) is 39.5 Å². The summed E-state index contributed by atoms with van der Waals surface area (Å²) < 4.78 is 36.7. The van der Waals surface area contributed by atoms with Gasteiger partial charge in [-0.25, -0.2) is 0 Å². The first-order valence-corrected chi connectivity index (χ1v) is 32.7. The van der Waals surface area contributed by atoms with Crippen LogP contribution < -0.4 is 5.46 Å². The lowest BCUT2D eigenvalue weighted by atomic mass is 9.49. The zero-order chi connectivity index (χ0) is 67.9. The summed E-state index contributed by atoms with van der Waals surface area (Å²) in [6.07, 6.45) is 0. The Morgan fingerprint density at radius 3 is 0.837 bits per heavy atom. The lowest BCUT2D eigenvalue weighted by Gasteiger charge is -2.32. The van der Waals surface area contributed by atoms with Crippen LogP contribution >= 0.6 is 11.6 Å². The molecule has 0 radical (unpaired) electrons. The van der Waals surface area contributed by atoms with Gasteiger partial charge in [-0.3, -0.25) is 0 Å². The van der Waals surface area contributed by atoms with E-state index < -0.39 is 32.3 Å². The molecule has 3 heterocycles. The summed E-state index contributed by atoms with van der Waals surface area (Å²) in [5.74, 6) is 0. The molecule has 0 aliphatic carbocycles. The van der Waals surface area contributed by atoms with E-state index in [0.717, 1.165) is 115 Å². The Morgan fingerprint density at radius 2 is 0.531 bits per heavy atom. The fraction of sp³-hybridized carbons (Fsp3) is 0.238. The third kappa shape index (κ3) is 12.6. The molecule has 0 atom stereocenters. The molecule has 0 N–H and O–H groups in total. The van der Waals surface area contributed by atoms with E-state index in [1.165, 1.54) is 0 Å². The predicted octanol–water partition coefficient (Wildman–Crippen LogP) is 20.9. The highest BCUT2D eigenvalue weighted by Gasteiger charge is 2.64. The van der Waals surface area contributed by atoms with Crippen molar-refractivity contribution >= 4 is 103 Å². The standard InChI is InChI=1S/C38H29BN2O2.C32H17ClN2.C12H24B2O4.2CH4/c1-37(2)38(3,4)43-39(42-37)28-17-18-31-34(19-28)33(27-15-11-25(23-41)12-16-27)21-35-30-8-6-5-7-29(30)32(20-36(31)35)26-13-9-24(22-40)10-14-26;33-24-13-14-27-30(15-24)29(23-11-7-21(19-35)8-12-23)17-31-26-4-2-1-3-25(26)28(16-32(27)31)22-9-5-20(18-34)6-10-22;1-9(2)10(3,4)16-13(15-9)14-17-11(5,6)12(7,8)18-14;;/h5-21H,1-4H3;1-17H;1-8H3;2*1H4. The maximum absolute atomic E-state index is 9.43. The number of halogens is 1. The molecule has 486 valence electrons. The molecule has 0 amide bonds. The highest BCUT2D eigenvalue weighted by Crippen LogP contribution is 2.47. The van der Waals surface area contributed by atoms with Crippen LogP contribution in [-0.2, 0) is 27.9 Å². The minimum atomic E-state index is -0.482. The van der Waals surface area contributed by atoms with Gasteiger partial charge in [-0.05, 0) is 283 Å². The first kappa shape index (κ1) is 69.7.